The smallest absolute Gasteiger partial charge is 0.340 e. The van der Waals surface area contributed by atoms with Gasteiger partial charge in [0.25, 0.3) is 0 Å². The lowest BCUT2D eigenvalue weighted by Crippen LogP contribution is -1.98. The van der Waals surface area contributed by atoms with Crippen LogP contribution in [0, 0.1) is 0 Å². The van der Waals surface area contributed by atoms with E-state index >= 15 is 0 Å². The van der Waals surface area contributed by atoms with Gasteiger partial charge in [-0.05, 0) is 12.1 Å². The van der Waals surface area contributed by atoms with Gasteiger partial charge in [-0.15, -0.1) is 0 Å². The summed E-state index contributed by atoms with van der Waals surface area (Å²) in [6, 6.07) is 3.37. The molecule has 6 heteroatoms. The Balaban J connectivity index is 2.52. The molecule has 0 fully saturated rings. The SMILES string of the molecule is O=C(O)c1cnn(-c2ccncc2)c1Cl. The maximum Gasteiger partial charge on any atom is 0.340 e. The van der Waals surface area contributed by atoms with Gasteiger partial charge in [0.1, 0.15) is 10.7 Å². The second-order valence-corrected chi connectivity index (χ2v) is 3.13. The minimum atomic E-state index is -1.10. The molecule has 0 saturated carbocycles. The monoisotopic (exact) mass is 223 g/mol. The standard InChI is InChI=1S/C9H6ClN3O2/c10-8-7(9(14)15)5-12-13(8)6-1-3-11-4-2-6/h1-5H,(H,14,15). The van der Waals surface area contributed by atoms with E-state index in [1.54, 1.807) is 24.5 Å². The van der Waals surface area contributed by atoms with Gasteiger partial charge < -0.3 is 5.11 Å². The number of carboxylic acids is 1. The van der Waals surface area contributed by atoms with Crippen LogP contribution in [0.1, 0.15) is 10.4 Å². The fraction of sp³-hybridized carbons (Fsp3) is 0. The maximum atomic E-state index is 10.7. The molecule has 0 atom stereocenters. The molecule has 0 saturated heterocycles. The maximum absolute atomic E-state index is 10.7. The third-order valence-corrected chi connectivity index (χ3v) is 2.21. The van der Waals surface area contributed by atoms with Crippen molar-refractivity contribution in [2.75, 3.05) is 0 Å². The number of rotatable bonds is 2. The first-order valence-corrected chi connectivity index (χ1v) is 4.45. The van der Waals surface area contributed by atoms with Crippen LogP contribution in [0.25, 0.3) is 5.69 Å². The van der Waals surface area contributed by atoms with E-state index in [1.807, 2.05) is 0 Å². The molecular weight excluding hydrogens is 218 g/mol. The first-order chi connectivity index (χ1) is 7.20. The van der Waals surface area contributed by atoms with Crippen LogP contribution in [-0.2, 0) is 0 Å². The molecule has 0 spiro atoms. The van der Waals surface area contributed by atoms with Crippen molar-refractivity contribution < 1.29 is 9.90 Å². The zero-order valence-electron chi connectivity index (χ0n) is 7.46. The van der Waals surface area contributed by atoms with E-state index in [0.717, 1.165) is 0 Å². The molecule has 0 aromatic carbocycles. The summed E-state index contributed by atoms with van der Waals surface area (Å²) in [5, 5.41) is 12.7. The molecule has 15 heavy (non-hydrogen) atoms. The summed E-state index contributed by atoms with van der Waals surface area (Å²) in [5.41, 5.74) is 0.649. The van der Waals surface area contributed by atoms with Crippen LogP contribution in [0.3, 0.4) is 0 Å². The second kappa shape index (κ2) is 3.70. The predicted molar refractivity (Wildman–Crippen MR) is 53.3 cm³/mol. The molecule has 2 rings (SSSR count). The molecular formula is C9H6ClN3O2. The number of carboxylic acid groups (broad SMARTS) is 1. The van der Waals surface area contributed by atoms with Crippen LogP contribution in [0.5, 0.6) is 0 Å². The normalized spacial score (nSPS) is 10.2. The van der Waals surface area contributed by atoms with Crippen molar-refractivity contribution in [3.05, 3.63) is 41.4 Å². The van der Waals surface area contributed by atoms with Crippen molar-refractivity contribution in [2.45, 2.75) is 0 Å². The largest absolute Gasteiger partial charge is 0.478 e. The average Bonchev–Trinajstić information content (AvgIpc) is 2.61. The summed E-state index contributed by atoms with van der Waals surface area (Å²) in [6.45, 7) is 0. The van der Waals surface area contributed by atoms with Crippen molar-refractivity contribution in [1.82, 2.24) is 14.8 Å². The number of pyridine rings is 1. The summed E-state index contributed by atoms with van der Waals surface area (Å²) in [5.74, 6) is -1.10. The van der Waals surface area contributed by atoms with Crippen LogP contribution in [0.2, 0.25) is 5.15 Å². The lowest BCUT2D eigenvalue weighted by atomic mass is 10.3. The van der Waals surface area contributed by atoms with E-state index < -0.39 is 5.97 Å². The topological polar surface area (TPSA) is 68.0 Å². The molecule has 0 aliphatic rings. The molecule has 5 nitrogen and oxygen atoms in total. The average molecular weight is 224 g/mol. The van der Waals surface area contributed by atoms with Gasteiger partial charge in [0, 0.05) is 12.4 Å². The predicted octanol–water partition coefficient (Wildman–Crippen LogP) is 1.62. The molecule has 0 bridgehead atoms. The number of halogens is 1. The lowest BCUT2D eigenvalue weighted by molar-refractivity contribution is 0.0697. The van der Waals surface area contributed by atoms with Gasteiger partial charge in [-0.3, -0.25) is 4.98 Å². The van der Waals surface area contributed by atoms with Crippen molar-refractivity contribution >= 4 is 17.6 Å². The van der Waals surface area contributed by atoms with E-state index in [0.29, 0.717) is 5.69 Å². The number of aromatic nitrogens is 3. The summed E-state index contributed by atoms with van der Waals surface area (Å²) in [7, 11) is 0. The first kappa shape index (κ1) is 9.67. The van der Waals surface area contributed by atoms with Crippen molar-refractivity contribution in [2.24, 2.45) is 0 Å². The fourth-order valence-electron chi connectivity index (χ4n) is 1.14. The van der Waals surface area contributed by atoms with Gasteiger partial charge >= 0.3 is 5.97 Å². The molecule has 0 unspecified atom stereocenters. The number of hydrogen-bond donors (Lipinski definition) is 1. The number of aromatic carboxylic acids is 1. The molecule has 2 heterocycles. The highest BCUT2D eigenvalue weighted by Crippen LogP contribution is 2.19. The van der Waals surface area contributed by atoms with Crippen molar-refractivity contribution in [3.8, 4) is 5.69 Å². The van der Waals surface area contributed by atoms with Crippen LogP contribution in [0.4, 0.5) is 0 Å². The molecule has 2 aromatic heterocycles. The van der Waals surface area contributed by atoms with Gasteiger partial charge in [-0.1, -0.05) is 11.6 Å². The van der Waals surface area contributed by atoms with Crippen LogP contribution < -0.4 is 0 Å². The Labute approximate surface area is 89.9 Å². The molecule has 1 N–H and O–H groups in total. The lowest BCUT2D eigenvalue weighted by Gasteiger charge is -2.01. The Hall–Kier alpha value is -1.88. The Bertz CT molecular complexity index is 495. The van der Waals surface area contributed by atoms with Crippen LogP contribution in [0.15, 0.2) is 30.7 Å². The Kier molecular flexibility index (Phi) is 2.39. The zero-order valence-corrected chi connectivity index (χ0v) is 8.22. The van der Waals surface area contributed by atoms with E-state index in [1.165, 1.54) is 10.9 Å². The fourth-order valence-corrected chi connectivity index (χ4v) is 1.41. The molecule has 0 aliphatic carbocycles. The number of nitrogens with zero attached hydrogens (tertiary/aromatic N) is 3. The molecule has 2 aromatic rings. The van der Waals surface area contributed by atoms with Gasteiger partial charge in [-0.25, -0.2) is 9.48 Å². The van der Waals surface area contributed by atoms with Gasteiger partial charge in [0.05, 0.1) is 11.9 Å². The Morgan fingerprint density at radius 3 is 2.60 bits per heavy atom. The van der Waals surface area contributed by atoms with E-state index in [-0.39, 0.29) is 10.7 Å². The molecule has 76 valence electrons. The first-order valence-electron chi connectivity index (χ1n) is 4.07. The third kappa shape index (κ3) is 1.69. The summed E-state index contributed by atoms with van der Waals surface area (Å²) in [4.78, 5) is 14.6. The highest BCUT2D eigenvalue weighted by atomic mass is 35.5. The van der Waals surface area contributed by atoms with Crippen LogP contribution in [-0.4, -0.2) is 25.8 Å². The van der Waals surface area contributed by atoms with Gasteiger partial charge in [-0.2, -0.15) is 5.10 Å². The van der Waals surface area contributed by atoms with E-state index in [4.69, 9.17) is 16.7 Å². The zero-order chi connectivity index (χ0) is 10.8. The van der Waals surface area contributed by atoms with Crippen molar-refractivity contribution in [1.29, 1.82) is 0 Å². The summed E-state index contributed by atoms with van der Waals surface area (Å²) < 4.78 is 1.34. The highest BCUT2D eigenvalue weighted by molar-refractivity contribution is 6.32. The van der Waals surface area contributed by atoms with Gasteiger partial charge in [0.15, 0.2) is 0 Å². The Morgan fingerprint density at radius 2 is 2.07 bits per heavy atom. The van der Waals surface area contributed by atoms with Gasteiger partial charge in [0.2, 0.25) is 0 Å². The Morgan fingerprint density at radius 1 is 1.40 bits per heavy atom. The quantitative estimate of drug-likeness (QED) is 0.840. The van der Waals surface area contributed by atoms with Crippen molar-refractivity contribution in [3.63, 3.8) is 0 Å². The third-order valence-electron chi connectivity index (χ3n) is 1.85. The molecule has 0 amide bonds. The van der Waals surface area contributed by atoms with Crippen LogP contribution >= 0.6 is 11.6 Å². The molecule has 0 radical (unpaired) electrons. The number of carbonyl (C=O) groups is 1. The minimum absolute atomic E-state index is 0.0199. The number of hydrogen-bond acceptors (Lipinski definition) is 3. The van der Waals surface area contributed by atoms with E-state index in [2.05, 4.69) is 10.1 Å². The highest BCUT2D eigenvalue weighted by Gasteiger charge is 2.15. The molecule has 0 aliphatic heterocycles. The van der Waals surface area contributed by atoms with E-state index in [9.17, 15) is 4.79 Å². The summed E-state index contributed by atoms with van der Waals surface area (Å²) >= 11 is 5.85. The second-order valence-electron chi connectivity index (χ2n) is 2.77. The summed E-state index contributed by atoms with van der Waals surface area (Å²) in [6.07, 6.45) is 4.37. The minimum Gasteiger partial charge on any atom is -0.478 e.